The summed E-state index contributed by atoms with van der Waals surface area (Å²) >= 11 is 1.68. The van der Waals surface area contributed by atoms with E-state index in [2.05, 4.69) is 30.6 Å². The Morgan fingerprint density at radius 2 is 2.31 bits per heavy atom. The molecule has 2 atom stereocenters. The van der Waals surface area contributed by atoms with Crippen molar-refractivity contribution in [2.45, 2.75) is 32.9 Å². The zero-order chi connectivity index (χ0) is 12.0. The van der Waals surface area contributed by atoms with Gasteiger partial charge in [-0.15, -0.1) is 11.3 Å². The van der Waals surface area contributed by atoms with Gasteiger partial charge in [0.15, 0.2) is 0 Å². The summed E-state index contributed by atoms with van der Waals surface area (Å²) in [5, 5.41) is 14.8. The van der Waals surface area contributed by atoms with Gasteiger partial charge >= 0.3 is 0 Å². The van der Waals surface area contributed by atoms with Crippen LogP contribution >= 0.6 is 11.3 Å². The van der Waals surface area contributed by atoms with Crippen molar-refractivity contribution in [3.63, 3.8) is 0 Å². The van der Waals surface area contributed by atoms with E-state index in [1.54, 1.807) is 11.3 Å². The van der Waals surface area contributed by atoms with E-state index in [0.717, 1.165) is 6.61 Å². The maximum absolute atomic E-state index is 9.40. The normalized spacial score (nSPS) is 15.0. The molecule has 0 aliphatic heterocycles. The Morgan fingerprint density at radius 1 is 1.56 bits per heavy atom. The molecule has 0 aromatic carbocycles. The smallest absolute Gasteiger partial charge is 0.0655 e. The van der Waals surface area contributed by atoms with Gasteiger partial charge in [0.1, 0.15) is 0 Å². The molecule has 0 saturated carbocycles. The molecule has 2 N–H and O–H groups in total. The molecular weight excluding hydrogens is 222 g/mol. The van der Waals surface area contributed by atoms with E-state index in [0.29, 0.717) is 6.61 Å². The molecule has 0 saturated heterocycles. The third kappa shape index (κ3) is 3.87. The second-order valence-corrected chi connectivity index (χ2v) is 4.88. The van der Waals surface area contributed by atoms with Crippen LogP contribution in [-0.4, -0.2) is 31.0 Å². The number of aliphatic hydroxyl groups excluding tert-OH is 1. The fraction of sp³-hybridized carbons (Fsp3) is 0.667. The minimum absolute atomic E-state index is 0.0236. The van der Waals surface area contributed by atoms with E-state index in [9.17, 15) is 5.11 Å². The number of nitrogens with one attached hydrogen (secondary N) is 1. The summed E-state index contributed by atoms with van der Waals surface area (Å²) in [7, 11) is 0. The number of aliphatic hydroxyl groups is 1. The Hall–Kier alpha value is -0.420. The molecule has 0 fully saturated rings. The minimum Gasteiger partial charge on any atom is -0.394 e. The van der Waals surface area contributed by atoms with Crippen LogP contribution in [-0.2, 0) is 4.74 Å². The SMILES string of the molecule is CCOCC(C)NC(CO)c1sccc1C. The lowest BCUT2D eigenvalue weighted by Gasteiger charge is -2.21. The second kappa shape index (κ2) is 7.01. The number of aryl methyl sites for hydroxylation is 1. The van der Waals surface area contributed by atoms with Crippen molar-refractivity contribution >= 4 is 11.3 Å². The molecule has 1 aromatic rings. The van der Waals surface area contributed by atoms with Crippen molar-refractivity contribution in [2.75, 3.05) is 19.8 Å². The first-order chi connectivity index (χ1) is 7.69. The molecule has 0 amide bonds. The molecule has 0 bridgehead atoms. The molecule has 92 valence electrons. The monoisotopic (exact) mass is 243 g/mol. The van der Waals surface area contributed by atoms with Crippen molar-refractivity contribution in [2.24, 2.45) is 0 Å². The summed E-state index contributed by atoms with van der Waals surface area (Å²) < 4.78 is 5.35. The standard InChI is InChI=1S/C12H21NO2S/c1-4-15-8-10(3)13-11(7-14)12-9(2)5-6-16-12/h5-6,10-11,13-14H,4,7-8H2,1-3H3. The van der Waals surface area contributed by atoms with Gasteiger partial charge in [-0.1, -0.05) is 0 Å². The molecule has 0 spiro atoms. The van der Waals surface area contributed by atoms with Crippen LogP contribution in [0, 0.1) is 6.92 Å². The maximum Gasteiger partial charge on any atom is 0.0655 e. The number of ether oxygens (including phenoxy) is 1. The lowest BCUT2D eigenvalue weighted by Crippen LogP contribution is -2.35. The predicted molar refractivity (Wildman–Crippen MR) is 68.0 cm³/mol. The summed E-state index contributed by atoms with van der Waals surface area (Å²) in [6.45, 7) is 7.66. The molecule has 16 heavy (non-hydrogen) atoms. The third-order valence-corrected chi connectivity index (χ3v) is 3.59. The van der Waals surface area contributed by atoms with Crippen molar-refractivity contribution < 1.29 is 9.84 Å². The summed E-state index contributed by atoms with van der Waals surface area (Å²) in [4.78, 5) is 1.21. The highest BCUT2D eigenvalue weighted by molar-refractivity contribution is 7.10. The van der Waals surface area contributed by atoms with Gasteiger partial charge in [-0.05, 0) is 37.8 Å². The Bertz CT molecular complexity index is 301. The first kappa shape index (κ1) is 13.6. The Labute approximate surface area is 101 Å². The summed E-state index contributed by atoms with van der Waals surface area (Å²) in [5.41, 5.74) is 1.24. The van der Waals surface area contributed by atoms with Crippen molar-refractivity contribution in [3.05, 3.63) is 21.9 Å². The minimum atomic E-state index is 0.0236. The molecule has 3 nitrogen and oxygen atoms in total. The van der Waals surface area contributed by atoms with Gasteiger partial charge in [0.25, 0.3) is 0 Å². The largest absolute Gasteiger partial charge is 0.394 e. The van der Waals surface area contributed by atoms with E-state index in [1.165, 1.54) is 10.4 Å². The quantitative estimate of drug-likeness (QED) is 0.770. The topological polar surface area (TPSA) is 41.5 Å². The lowest BCUT2D eigenvalue weighted by molar-refractivity contribution is 0.118. The highest BCUT2D eigenvalue weighted by Crippen LogP contribution is 2.23. The van der Waals surface area contributed by atoms with Crippen LogP contribution < -0.4 is 5.32 Å². The van der Waals surface area contributed by atoms with E-state index in [4.69, 9.17) is 4.74 Å². The first-order valence-electron chi connectivity index (χ1n) is 5.67. The molecule has 0 aliphatic rings. The number of thiophene rings is 1. The fourth-order valence-electron chi connectivity index (χ4n) is 1.64. The van der Waals surface area contributed by atoms with Gasteiger partial charge in [-0.25, -0.2) is 0 Å². The van der Waals surface area contributed by atoms with Crippen LogP contribution in [0.1, 0.15) is 30.3 Å². The predicted octanol–water partition coefficient (Wildman–Crippen LogP) is 2.10. The number of rotatable bonds is 7. The molecule has 1 rings (SSSR count). The van der Waals surface area contributed by atoms with Crippen molar-refractivity contribution in [1.82, 2.24) is 5.32 Å². The molecule has 1 aromatic heterocycles. The Kier molecular flexibility index (Phi) is 5.98. The molecular formula is C12H21NO2S. The van der Waals surface area contributed by atoms with Gasteiger partial charge in [-0.3, -0.25) is 0 Å². The van der Waals surface area contributed by atoms with Gasteiger partial charge < -0.3 is 15.2 Å². The summed E-state index contributed by atoms with van der Waals surface area (Å²) in [5.74, 6) is 0. The average molecular weight is 243 g/mol. The van der Waals surface area contributed by atoms with E-state index >= 15 is 0 Å². The molecule has 0 radical (unpaired) electrons. The van der Waals surface area contributed by atoms with Gasteiger partial charge in [0.05, 0.1) is 19.3 Å². The van der Waals surface area contributed by atoms with Crippen LogP contribution in [0.2, 0.25) is 0 Å². The Morgan fingerprint density at radius 3 is 2.81 bits per heavy atom. The van der Waals surface area contributed by atoms with Crippen LogP contribution in [0.15, 0.2) is 11.4 Å². The highest BCUT2D eigenvalue weighted by Gasteiger charge is 2.16. The molecule has 0 aliphatic carbocycles. The van der Waals surface area contributed by atoms with Crippen molar-refractivity contribution in [3.8, 4) is 0 Å². The van der Waals surface area contributed by atoms with Crippen LogP contribution in [0.25, 0.3) is 0 Å². The third-order valence-electron chi connectivity index (χ3n) is 2.46. The van der Waals surface area contributed by atoms with Crippen molar-refractivity contribution in [1.29, 1.82) is 0 Å². The van der Waals surface area contributed by atoms with E-state index < -0.39 is 0 Å². The first-order valence-corrected chi connectivity index (χ1v) is 6.55. The second-order valence-electron chi connectivity index (χ2n) is 3.93. The molecule has 4 heteroatoms. The van der Waals surface area contributed by atoms with Gasteiger partial charge in [0.2, 0.25) is 0 Å². The van der Waals surface area contributed by atoms with Gasteiger partial charge in [-0.2, -0.15) is 0 Å². The lowest BCUT2D eigenvalue weighted by atomic mass is 10.1. The van der Waals surface area contributed by atoms with E-state index in [1.807, 2.05) is 6.92 Å². The zero-order valence-corrected chi connectivity index (χ0v) is 11.0. The zero-order valence-electron chi connectivity index (χ0n) is 10.2. The maximum atomic E-state index is 9.40. The average Bonchev–Trinajstić information content (AvgIpc) is 2.69. The van der Waals surface area contributed by atoms with E-state index in [-0.39, 0.29) is 18.7 Å². The molecule has 2 unspecified atom stereocenters. The summed E-state index contributed by atoms with van der Waals surface area (Å²) in [6, 6.07) is 2.35. The van der Waals surface area contributed by atoms with Crippen LogP contribution in [0.5, 0.6) is 0 Å². The fourth-order valence-corrected chi connectivity index (χ4v) is 2.62. The van der Waals surface area contributed by atoms with Crippen LogP contribution in [0.4, 0.5) is 0 Å². The highest BCUT2D eigenvalue weighted by atomic mass is 32.1. The van der Waals surface area contributed by atoms with Crippen LogP contribution in [0.3, 0.4) is 0 Å². The molecule has 1 heterocycles. The summed E-state index contributed by atoms with van der Waals surface area (Å²) in [6.07, 6.45) is 0. The number of hydrogen-bond acceptors (Lipinski definition) is 4. The van der Waals surface area contributed by atoms with Gasteiger partial charge in [0, 0.05) is 17.5 Å². The Balaban J connectivity index is 2.52. The number of hydrogen-bond donors (Lipinski definition) is 2.